The van der Waals surface area contributed by atoms with Crippen molar-refractivity contribution in [2.24, 2.45) is 29.4 Å². The number of nitrogens with zero attached hydrogens (tertiary/aromatic N) is 3. The zero-order valence-corrected chi connectivity index (χ0v) is 70.5. The summed E-state index contributed by atoms with van der Waals surface area (Å²) < 4.78 is 0. The van der Waals surface area contributed by atoms with Crippen molar-refractivity contribution in [1.29, 1.82) is 0 Å². The SMILES string of the molecule is C.Nc1nc2ncc(CNc3ccc(C(=O)N[C@@H](CCC(=O)C[C@@H](CCC(=O)NC[C@H](O)[C@@H](O)[C@H](O)[C@H](O)CO)C(=O)N[C@@H](CCC(=O)O)C(=O)C[C@@H](CCC(=O)NC[C@H](O)[C@@H](O)[C@H](O)[C@H](O)CO)C(=O)NC(CCC(=O)O)C(=O)C[C@@H](CCC(=O)NC[C@H](O)[C@@H](O)[C@H](O)[C@H](O)CO)C(=O)NC[C@H](N)C(=O)N[C@@H](CC(=O)O)C(=O)C[C@@H](CS)C(=O)O)C(=O)O)cc3)nc2c(=O)[nH]1. The Balaban J connectivity index is 0.0000581. The van der Waals surface area contributed by atoms with Gasteiger partial charge in [-0.25, -0.2) is 14.8 Å². The number of hydrogen-bond donors (Lipinski definition) is 33. The molecule has 131 heavy (non-hydrogen) atoms. The third kappa shape index (κ3) is 40.8. The molecular weight excluding hydrogens is 1770 g/mol. The fourth-order valence-corrected chi connectivity index (χ4v) is 12.6. The number of aliphatic carboxylic acids is 5. The number of nitrogens with one attached hydrogen (secondary N) is 10. The van der Waals surface area contributed by atoms with E-state index in [0.717, 1.165) is 0 Å². The summed E-state index contributed by atoms with van der Waals surface area (Å²) in [5.41, 5.74) is 11.4. The van der Waals surface area contributed by atoms with Crippen LogP contribution in [0.25, 0.3) is 11.2 Å². The van der Waals surface area contributed by atoms with E-state index >= 15 is 0 Å². The zero-order chi connectivity index (χ0) is 98.1. The van der Waals surface area contributed by atoms with Gasteiger partial charge in [0.05, 0.1) is 87.0 Å². The number of hydrogen-bond acceptors (Lipinski definition) is 40. The maximum absolute atomic E-state index is 14.9. The lowest BCUT2D eigenvalue weighted by Gasteiger charge is -2.26. The Kier molecular flexibility index (Phi) is 51.5. The van der Waals surface area contributed by atoms with E-state index in [0.29, 0.717) is 5.69 Å². The molecule has 21 atom stereocenters. The number of aliphatic hydroxyl groups excluding tert-OH is 15. The Morgan fingerprint density at radius 2 is 0.817 bits per heavy atom. The Hall–Kier alpha value is -11.5. The van der Waals surface area contributed by atoms with Gasteiger partial charge in [-0.3, -0.25) is 86.5 Å². The number of anilines is 2. The van der Waals surface area contributed by atoms with Gasteiger partial charge in [-0.15, -0.1) is 0 Å². The lowest BCUT2D eigenvalue weighted by molar-refractivity contribution is -0.144. The molecule has 54 heteroatoms. The second kappa shape index (κ2) is 58.3. The predicted molar refractivity (Wildman–Crippen MR) is 448 cm³/mol. The predicted octanol–water partition coefficient (Wildman–Crippen LogP) is -12.1. The summed E-state index contributed by atoms with van der Waals surface area (Å²) in [5.74, 6) is -30.4. The number of nitrogens with two attached hydrogens (primary N) is 2. The molecule has 0 saturated carbocycles. The minimum atomic E-state index is -2.26. The summed E-state index contributed by atoms with van der Waals surface area (Å²) in [7, 11) is 0. The maximum Gasteiger partial charge on any atom is 0.326 e. The second-order valence-corrected chi connectivity index (χ2v) is 30.7. The first-order valence-electron chi connectivity index (χ1n) is 40.3. The highest BCUT2D eigenvalue weighted by Crippen LogP contribution is 2.24. The highest BCUT2D eigenvalue weighted by atomic mass is 32.1. The van der Waals surface area contributed by atoms with E-state index in [-0.39, 0.29) is 42.3 Å². The van der Waals surface area contributed by atoms with Crippen LogP contribution >= 0.6 is 12.6 Å². The van der Waals surface area contributed by atoms with Gasteiger partial charge in [0.25, 0.3) is 11.5 Å². The van der Waals surface area contributed by atoms with Gasteiger partial charge < -0.3 is 161 Å². The molecule has 53 nitrogen and oxygen atoms in total. The van der Waals surface area contributed by atoms with Crippen LogP contribution in [0.3, 0.4) is 0 Å². The van der Waals surface area contributed by atoms with Gasteiger partial charge in [-0.1, -0.05) is 7.43 Å². The molecule has 0 aliphatic carbocycles. The molecule has 0 radical (unpaired) electrons. The van der Waals surface area contributed by atoms with Crippen molar-refractivity contribution in [2.75, 3.05) is 62.8 Å². The summed E-state index contributed by atoms with van der Waals surface area (Å²) in [6.45, 7) is -7.03. The Bertz CT molecular complexity index is 4400. The Morgan fingerprint density at radius 3 is 1.22 bits per heavy atom. The lowest BCUT2D eigenvalue weighted by Crippen LogP contribution is -2.53. The van der Waals surface area contributed by atoms with E-state index in [1.54, 1.807) is 0 Å². The number of H-pyrrole nitrogens is 1. The summed E-state index contributed by atoms with van der Waals surface area (Å²) in [6, 6.07) is -4.51. The number of amides is 8. The summed E-state index contributed by atoms with van der Waals surface area (Å²) in [5, 5.41) is 220. The second-order valence-electron chi connectivity index (χ2n) is 30.3. The van der Waals surface area contributed by atoms with E-state index < -0.39 is 394 Å². The van der Waals surface area contributed by atoms with Crippen molar-refractivity contribution in [3.05, 3.63) is 52.1 Å². The molecule has 0 aliphatic heterocycles. The van der Waals surface area contributed by atoms with Crippen molar-refractivity contribution < 1.29 is 184 Å². The number of aliphatic hydroxyl groups is 15. The first-order chi connectivity index (χ1) is 61.1. The van der Waals surface area contributed by atoms with Crippen LogP contribution in [0.2, 0.25) is 0 Å². The number of benzene rings is 1. The normalized spacial score (nSPS) is 16.2. The van der Waals surface area contributed by atoms with Gasteiger partial charge in [0, 0.05) is 125 Å². The molecule has 3 rings (SSSR count). The molecule has 0 spiro atoms. The zero-order valence-electron chi connectivity index (χ0n) is 69.6. The summed E-state index contributed by atoms with van der Waals surface area (Å²) in [4.78, 5) is 255. The number of ketones is 4. The van der Waals surface area contributed by atoms with Gasteiger partial charge in [-0.05, 0) is 62.8 Å². The van der Waals surface area contributed by atoms with Gasteiger partial charge in [0.1, 0.15) is 72.8 Å². The third-order valence-electron chi connectivity index (χ3n) is 20.2. The van der Waals surface area contributed by atoms with Gasteiger partial charge >= 0.3 is 29.8 Å². The first kappa shape index (κ1) is 116. The van der Waals surface area contributed by atoms with Crippen LogP contribution in [-0.2, 0) is 83.3 Å². The lowest BCUT2D eigenvalue weighted by atomic mass is 9.89. The van der Waals surface area contributed by atoms with Crippen LogP contribution in [0.15, 0.2) is 35.3 Å². The molecule has 34 N–H and O–H groups in total. The molecule has 2 heterocycles. The van der Waals surface area contributed by atoms with Crippen LogP contribution in [0.4, 0.5) is 11.6 Å². The van der Waals surface area contributed by atoms with Crippen LogP contribution in [0.5, 0.6) is 0 Å². The van der Waals surface area contributed by atoms with Crippen molar-refractivity contribution in [3.8, 4) is 0 Å². The highest BCUT2D eigenvalue weighted by molar-refractivity contribution is 7.80. The number of rotatable bonds is 66. The average molecular weight is 1890 g/mol. The molecule has 1 unspecified atom stereocenters. The van der Waals surface area contributed by atoms with Crippen molar-refractivity contribution >= 4 is 136 Å². The molecule has 0 aliphatic rings. The molecule has 0 fully saturated rings. The number of carboxylic acid groups (broad SMARTS) is 5. The minimum Gasteiger partial charge on any atom is -0.481 e. The number of Topliss-reactive ketones (excluding diaryl/α,β-unsaturated/α-hetero) is 4. The summed E-state index contributed by atoms with van der Waals surface area (Å²) >= 11 is 3.87. The standard InChI is InChI=1S/C76H113N15O38S.CH4/c77-40(72(124)89-44(21-59(112)113)47(98)20-36(31-130)74(126)127)24-84-68(120)34(4-13-55(106)81-26-49(100)62(115)65(118)52(103)29-93)18-45(96)41(10-15-57(108)109)87-71(123)35(5-14-56(107)82-27-50(101)63(116)66(119)53(104)30-94)19-46(97)42(11-16-58(110)111)86-70(122)33(3-12-54(105)80-25-48(99)61(114)64(117)51(102)28-92)17-39(95)8-9-43(75(128)129)88-69(121)32-1-6-37(7-2-32)79-22-38-23-83-67-60(85-38)73(125)91-76(78)90-67;/h1-2,6-7,23,33-36,40-44,48-53,61-66,79,92-94,99-104,114-119,130H,3-5,8-22,24-31,77H2,(H,80,105)(H,81,106)(H,82,107)(H,84,120)(H,86,122)(H,87,123)(H,88,121)(H,89,124)(H,108,109)(H,110,111)(H,112,113)(H,126,127)(H,128,129)(H3,78,83,90,91,125);1H4/t33-,34-,35-,36+,40+,41?,42+,43+,44+,48+,49+,50+,51-,52-,53-,61-,62-,63-,64-,65-,66-;/m1./s1. The van der Waals surface area contributed by atoms with Crippen molar-refractivity contribution in [2.45, 2.75) is 227 Å². The third-order valence-corrected chi connectivity index (χ3v) is 20.6. The molecule has 3 aromatic rings. The molecule has 2 aromatic heterocycles. The quantitative estimate of drug-likeness (QED) is 0.0233. The fourth-order valence-electron chi connectivity index (χ4n) is 12.3. The van der Waals surface area contributed by atoms with Crippen molar-refractivity contribution in [1.82, 2.24) is 62.5 Å². The van der Waals surface area contributed by atoms with Gasteiger partial charge in [0.2, 0.25) is 47.3 Å². The van der Waals surface area contributed by atoms with Crippen LogP contribution in [0.1, 0.15) is 133 Å². The van der Waals surface area contributed by atoms with E-state index in [1.165, 1.54) is 30.5 Å². The molecule has 0 bridgehead atoms. The monoisotopic (exact) mass is 1890 g/mol. The van der Waals surface area contributed by atoms with Crippen LogP contribution in [-0.4, -0.2) is 378 Å². The molecule has 1 aromatic carbocycles. The maximum atomic E-state index is 14.9. The number of carbonyl (C=O) groups is 17. The molecular formula is C77H117N15O38S. The first-order valence-corrected chi connectivity index (χ1v) is 40.9. The number of aromatic nitrogens is 4. The largest absolute Gasteiger partial charge is 0.481 e. The van der Waals surface area contributed by atoms with Gasteiger partial charge in [-0.2, -0.15) is 17.6 Å². The number of nitrogen functional groups attached to an aromatic ring is 1. The van der Waals surface area contributed by atoms with E-state index in [2.05, 4.69) is 75.1 Å². The average Bonchev–Trinajstić information content (AvgIpc) is 0.809. The number of thiol groups is 1. The minimum absolute atomic E-state index is 0. The Morgan fingerprint density at radius 1 is 0.420 bits per heavy atom. The van der Waals surface area contributed by atoms with Crippen molar-refractivity contribution in [3.63, 3.8) is 0 Å². The van der Waals surface area contributed by atoms with E-state index in [9.17, 15) is 188 Å². The van der Waals surface area contributed by atoms with Crippen LogP contribution < -0.4 is 64.9 Å². The van der Waals surface area contributed by atoms with E-state index in [1.807, 2.05) is 5.32 Å². The summed E-state index contributed by atoms with van der Waals surface area (Å²) in [6.07, 6.45) is -39.8. The topological polar surface area (TPSA) is 927 Å². The smallest absolute Gasteiger partial charge is 0.326 e. The van der Waals surface area contributed by atoms with Gasteiger partial charge in [0.15, 0.2) is 28.5 Å². The highest BCUT2D eigenvalue weighted by Gasteiger charge is 2.39. The van der Waals surface area contributed by atoms with E-state index in [4.69, 9.17) is 11.5 Å². The molecule has 8 amide bonds. The van der Waals surface area contributed by atoms with Crippen LogP contribution in [0, 0.1) is 23.7 Å². The number of carboxylic acids is 5. The number of fused-ring (bicyclic) bond motifs is 1. The molecule has 734 valence electrons. The number of carbonyl (C=O) groups excluding carboxylic acids is 12. The Labute approximate surface area is 749 Å². The molecule has 0 saturated heterocycles. The fraction of sp³-hybridized carbons (Fsp3) is 0.623. The number of aromatic amines is 1.